The summed E-state index contributed by atoms with van der Waals surface area (Å²) in [5.74, 6) is 0.862. The molecule has 0 atom stereocenters. The molecular formula is C21H22BrNO4. The smallest absolute Gasteiger partial charge is 0.299 e. The van der Waals surface area contributed by atoms with Crippen LogP contribution < -0.4 is 14.4 Å². The quantitative estimate of drug-likeness (QED) is 0.600. The molecule has 1 aliphatic rings. The van der Waals surface area contributed by atoms with Crippen LogP contribution in [0.1, 0.15) is 36.2 Å². The Morgan fingerprint density at radius 1 is 1.07 bits per heavy atom. The minimum Gasteiger partial charge on any atom is -0.493 e. The molecular weight excluding hydrogens is 410 g/mol. The molecule has 27 heavy (non-hydrogen) atoms. The molecule has 142 valence electrons. The number of nitrogens with zero attached hydrogens (tertiary/aromatic N) is 1. The van der Waals surface area contributed by atoms with Crippen LogP contribution in [0.15, 0.2) is 40.9 Å². The first-order chi connectivity index (χ1) is 12.9. The van der Waals surface area contributed by atoms with E-state index in [1.165, 1.54) is 4.90 Å². The number of benzene rings is 2. The number of rotatable bonds is 7. The Kier molecular flexibility index (Phi) is 5.85. The SMILES string of the molecule is COc1cc(CN2C(=O)C(=O)c3cc(Br)ccc32)ccc1OCCC(C)C. The second-order valence-corrected chi connectivity index (χ2v) is 7.81. The second kappa shape index (κ2) is 8.13. The van der Waals surface area contributed by atoms with E-state index in [-0.39, 0.29) is 0 Å². The van der Waals surface area contributed by atoms with Gasteiger partial charge in [0.2, 0.25) is 0 Å². The number of methoxy groups -OCH3 is 1. The van der Waals surface area contributed by atoms with Gasteiger partial charge in [-0.2, -0.15) is 0 Å². The van der Waals surface area contributed by atoms with Gasteiger partial charge < -0.3 is 14.4 Å². The van der Waals surface area contributed by atoms with E-state index >= 15 is 0 Å². The zero-order chi connectivity index (χ0) is 19.6. The van der Waals surface area contributed by atoms with Gasteiger partial charge in [-0.15, -0.1) is 0 Å². The fraction of sp³-hybridized carbons (Fsp3) is 0.333. The van der Waals surface area contributed by atoms with Crippen LogP contribution in [0.4, 0.5) is 5.69 Å². The van der Waals surface area contributed by atoms with Gasteiger partial charge in [0.1, 0.15) is 0 Å². The molecule has 0 radical (unpaired) electrons. The number of halogens is 1. The third-order valence-corrected chi connectivity index (χ3v) is 4.95. The van der Waals surface area contributed by atoms with Crippen molar-refractivity contribution < 1.29 is 19.1 Å². The normalized spacial score (nSPS) is 13.3. The summed E-state index contributed by atoms with van der Waals surface area (Å²) in [4.78, 5) is 26.2. The number of ether oxygens (including phenoxy) is 2. The number of fused-ring (bicyclic) bond motifs is 1. The Balaban J connectivity index is 1.80. The molecule has 0 spiro atoms. The summed E-state index contributed by atoms with van der Waals surface area (Å²) in [6.45, 7) is 5.21. The van der Waals surface area contributed by atoms with E-state index in [9.17, 15) is 9.59 Å². The molecule has 3 rings (SSSR count). The summed E-state index contributed by atoms with van der Waals surface area (Å²) in [5, 5.41) is 0. The lowest BCUT2D eigenvalue weighted by Gasteiger charge is -2.18. The highest BCUT2D eigenvalue weighted by Crippen LogP contribution is 2.34. The number of ketones is 1. The van der Waals surface area contributed by atoms with E-state index in [2.05, 4.69) is 29.8 Å². The molecule has 0 saturated heterocycles. The van der Waals surface area contributed by atoms with Crippen LogP contribution in [0, 0.1) is 5.92 Å². The fourth-order valence-electron chi connectivity index (χ4n) is 2.95. The molecule has 0 N–H and O–H groups in total. The van der Waals surface area contributed by atoms with Crippen molar-refractivity contribution in [2.24, 2.45) is 5.92 Å². The molecule has 0 bridgehead atoms. The van der Waals surface area contributed by atoms with Gasteiger partial charge in [0.15, 0.2) is 11.5 Å². The molecule has 1 heterocycles. The van der Waals surface area contributed by atoms with Crippen LogP contribution >= 0.6 is 15.9 Å². The van der Waals surface area contributed by atoms with Crippen molar-refractivity contribution in [3.05, 3.63) is 52.0 Å². The number of hydrogen-bond acceptors (Lipinski definition) is 4. The van der Waals surface area contributed by atoms with Gasteiger partial charge in [0, 0.05) is 4.47 Å². The second-order valence-electron chi connectivity index (χ2n) is 6.90. The summed E-state index contributed by atoms with van der Waals surface area (Å²) in [7, 11) is 1.59. The number of amides is 1. The highest BCUT2D eigenvalue weighted by Gasteiger charge is 2.35. The lowest BCUT2D eigenvalue weighted by atomic mass is 10.1. The van der Waals surface area contributed by atoms with Gasteiger partial charge in [-0.1, -0.05) is 35.8 Å². The third kappa shape index (κ3) is 4.16. The lowest BCUT2D eigenvalue weighted by molar-refractivity contribution is -0.114. The van der Waals surface area contributed by atoms with E-state index in [0.717, 1.165) is 16.5 Å². The average Bonchev–Trinajstić information content (AvgIpc) is 2.87. The number of Topliss-reactive ketones (excluding diaryl/α,β-unsaturated/α-hetero) is 1. The van der Waals surface area contributed by atoms with Gasteiger partial charge in [-0.3, -0.25) is 9.59 Å². The van der Waals surface area contributed by atoms with Gasteiger partial charge in [-0.05, 0) is 48.2 Å². The Morgan fingerprint density at radius 2 is 1.85 bits per heavy atom. The zero-order valence-corrected chi connectivity index (χ0v) is 17.2. The van der Waals surface area contributed by atoms with Gasteiger partial charge in [-0.25, -0.2) is 0 Å². The lowest BCUT2D eigenvalue weighted by Crippen LogP contribution is -2.29. The molecule has 0 aromatic heterocycles. The number of hydrogen-bond donors (Lipinski definition) is 0. The van der Waals surface area contributed by atoms with Gasteiger partial charge >= 0.3 is 0 Å². The minimum absolute atomic E-state index is 0.293. The van der Waals surface area contributed by atoms with E-state index in [1.54, 1.807) is 19.2 Å². The first-order valence-corrected chi connectivity index (χ1v) is 9.65. The third-order valence-electron chi connectivity index (χ3n) is 4.45. The van der Waals surface area contributed by atoms with Crippen LogP contribution in [-0.4, -0.2) is 25.4 Å². The molecule has 0 saturated carbocycles. The standard InChI is InChI=1S/C21H22BrNO4/c1-13(2)8-9-27-18-7-4-14(10-19(18)26-3)12-23-17-6-5-15(22)11-16(17)20(24)21(23)25/h4-7,10-11,13H,8-9,12H2,1-3H3. The molecule has 0 fully saturated rings. The van der Waals surface area contributed by atoms with E-state index in [4.69, 9.17) is 9.47 Å². The summed E-state index contributed by atoms with van der Waals surface area (Å²) < 4.78 is 12.0. The van der Waals surface area contributed by atoms with Crippen molar-refractivity contribution in [1.82, 2.24) is 0 Å². The van der Waals surface area contributed by atoms with Crippen LogP contribution in [0.5, 0.6) is 11.5 Å². The topological polar surface area (TPSA) is 55.8 Å². The molecule has 1 aliphatic heterocycles. The van der Waals surface area contributed by atoms with Gasteiger partial charge in [0.05, 0.1) is 31.5 Å². The van der Waals surface area contributed by atoms with Crippen LogP contribution in [0.3, 0.4) is 0 Å². The highest BCUT2D eigenvalue weighted by atomic mass is 79.9. The number of anilines is 1. The molecule has 1 amide bonds. The minimum atomic E-state index is -0.515. The van der Waals surface area contributed by atoms with E-state index < -0.39 is 11.7 Å². The van der Waals surface area contributed by atoms with Crippen molar-refractivity contribution in [2.45, 2.75) is 26.8 Å². The van der Waals surface area contributed by atoms with E-state index in [0.29, 0.717) is 41.8 Å². The molecule has 2 aromatic carbocycles. The zero-order valence-electron chi connectivity index (χ0n) is 15.6. The summed E-state index contributed by atoms with van der Waals surface area (Å²) in [6, 6.07) is 10.9. The maximum atomic E-state index is 12.4. The highest BCUT2D eigenvalue weighted by molar-refractivity contribution is 9.10. The largest absolute Gasteiger partial charge is 0.493 e. The van der Waals surface area contributed by atoms with Crippen molar-refractivity contribution >= 4 is 33.3 Å². The maximum absolute atomic E-state index is 12.4. The molecule has 0 unspecified atom stereocenters. The Morgan fingerprint density at radius 3 is 2.56 bits per heavy atom. The monoisotopic (exact) mass is 431 g/mol. The molecule has 2 aromatic rings. The van der Waals surface area contributed by atoms with Crippen molar-refractivity contribution in [3.8, 4) is 11.5 Å². The summed E-state index contributed by atoms with van der Waals surface area (Å²) in [5.41, 5.74) is 1.92. The Hall–Kier alpha value is -2.34. The fourth-order valence-corrected chi connectivity index (χ4v) is 3.31. The van der Waals surface area contributed by atoms with Gasteiger partial charge in [0.25, 0.3) is 11.7 Å². The summed E-state index contributed by atoms with van der Waals surface area (Å²) >= 11 is 3.34. The number of carbonyl (C=O) groups is 2. The Labute approximate surface area is 167 Å². The van der Waals surface area contributed by atoms with Crippen LogP contribution in [0.2, 0.25) is 0 Å². The summed E-state index contributed by atoms with van der Waals surface area (Å²) in [6.07, 6.45) is 0.960. The first kappa shape index (κ1) is 19.4. The van der Waals surface area contributed by atoms with Crippen molar-refractivity contribution in [2.75, 3.05) is 18.6 Å². The molecule has 5 nitrogen and oxygen atoms in total. The van der Waals surface area contributed by atoms with Crippen LogP contribution in [0.25, 0.3) is 0 Å². The predicted molar refractivity (Wildman–Crippen MR) is 108 cm³/mol. The molecule has 6 heteroatoms. The molecule has 0 aliphatic carbocycles. The van der Waals surface area contributed by atoms with E-state index in [1.807, 2.05) is 24.3 Å². The Bertz CT molecular complexity index is 878. The predicted octanol–water partition coefficient (Wildman–Crippen LogP) is 4.61. The van der Waals surface area contributed by atoms with Crippen molar-refractivity contribution in [3.63, 3.8) is 0 Å². The number of carbonyl (C=O) groups excluding carboxylic acids is 2. The average molecular weight is 432 g/mol. The van der Waals surface area contributed by atoms with Crippen LogP contribution in [-0.2, 0) is 11.3 Å². The first-order valence-electron chi connectivity index (χ1n) is 8.86. The maximum Gasteiger partial charge on any atom is 0.299 e. The van der Waals surface area contributed by atoms with Crippen molar-refractivity contribution in [1.29, 1.82) is 0 Å².